The Bertz CT molecular complexity index is 5670. The zero-order chi connectivity index (χ0) is 58.1. The summed E-state index contributed by atoms with van der Waals surface area (Å²) in [6, 6.07) is 115. The fourth-order valence-electron chi connectivity index (χ4n) is 14.2. The molecule has 2 heterocycles. The molecule has 0 unspecified atom stereocenters. The van der Waals surface area contributed by atoms with E-state index in [0.717, 1.165) is 27.7 Å². The third kappa shape index (κ3) is 8.49. The van der Waals surface area contributed by atoms with E-state index in [1.54, 1.807) is 0 Å². The van der Waals surface area contributed by atoms with E-state index in [0.29, 0.717) is 0 Å². The van der Waals surface area contributed by atoms with E-state index in [4.69, 9.17) is 4.98 Å². The molecule has 88 heavy (non-hydrogen) atoms. The van der Waals surface area contributed by atoms with Crippen molar-refractivity contribution >= 4 is 108 Å². The molecule has 0 N–H and O–H groups in total. The van der Waals surface area contributed by atoms with Crippen LogP contribution in [0.4, 0.5) is 0 Å². The van der Waals surface area contributed by atoms with Gasteiger partial charge in [-0.3, -0.25) is 9.97 Å². The van der Waals surface area contributed by atoms with Crippen LogP contribution in [-0.2, 0) is 0 Å². The summed E-state index contributed by atoms with van der Waals surface area (Å²) in [4.78, 5) is 9.40. The Labute approximate surface area is 509 Å². The standard InChI is InChI=1S/2C43H27N/c1-2-12-29-25-31(22-21-28(29)11-1)42-36-16-6-8-18-38(36)43(39-19-9-7-17-37(39)42)40-24-23-33(34-14-4-5-15-35(34)40)32-26-30-13-3-10-20-41(30)44-27-32;1-2-12-28(13-3-1)42-35-16-6-8-18-37(35)43(38-19-9-7-17-36(38)42)30-22-24-34-33-23-21-29(41-20-10-11-25-44-41)26-39(33)31-14-4-5-15-32(31)40(34)27-30/h2*1-27H. The average Bonchev–Trinajstić information content (AvgIpc) is 1.35. The fourth-order valence-corrected chi connectivity index (χ4v) is 14.2. The molecule has 2 heteroatoms. The number of rotatable bonds is 6. The lowest BCUT2D eigenvalue weighted by molar-refractivity contribution is 1.33. The van der Waals surface area contributed by atoms with Crippen molar-refractivity contribution in [3.8, 4) is 66.9 Å². The largest absolute Gasteiger partial charge is 0.256 e. The number of benzene rings is 16. The van der Waals surface area contributed by atoms with Crippen LogP contribution >= 0.6 is 0 Å². The van der Waals surface area contributed by atoms with Crippen molar-refractivity contribution in [1.82, 2.24) is 9.97 Å². The van der Waals surface area contributed by atoms with Gasteiger partial charge in [-0.1, -0.05) is 273 Å². The second-order valence-corrected chi connectivity index (χ2v) is 23.0. The molecule has 18 rings (SSSR count). The lowest BCUT2D eigenvalue weighted by Gasteiger charge is -2.20. The Kier molecular flexibility index (Phi) is 12.3. The maximum atomic E-state index is 4.78. The second kappa shape index (κ2) is 21.2. The van der Waals surface area contributed by atoms with Gasteiger partial charge in [0.1, 0.15) is 0 Å². The van der Waals surface area contributed by atoms with Crippen LogP contribution in [0, 0.1) is 0 Å². The molecule has 408 valence electrons. The molecule has 0 amide bonds. The van der Waals surface area contributed by atoms with E-state index in [1.807, 2.05) is 30.6 Å². The van der Waals surface area contributed by atoms with E-state index < -0.39 is 0 Å². The summed E-state index contributed by atoms with van der Waals surface area (Å²) in [5.74, 6) is 0. The van der Waals surface area contributed by atoms with Crippen LogP contribution in [0.5, 0.6) is 0 Å². The molecule has 0 radical (unpaired) electrons. The molecule has 0 spiro atoms. The Morgan fingerprint density at radius 3 is 1.16 bits per heavy atom. The highest BCUT2D eigenvalue weighted by atomic mass is 14.7. The van der Waals surface area contributed by atoms with Crippen molar-refractivity contribution in [2.24, 2.45) is 0 Å². The summed E-state index contributed by atoms with van der Waals surface area (Å²) in [5.41, 5.74) is 15.6. The fraction of sp³-hybridized carbons (Fsp3) is 0. The van der Waals surface area contributed by atoms with Crippen molar-refractivity contribution in [2.45, 2.75) is 0 Å². The normalized spacial score (nSPS) is 11.6. The van der Waals surface area contributed by atoms with Crippen LogP contribution in [0.2, 0.25) is 0 Å². The molecule has 0 bridgehead atoms. The molecular weight excluding hydrogens is 1060 g/mol. The molecule has 0 saturated heterocycles. The third-order valence-corrected chi connectivity index (χ3v) is 18.1. The summed E-state index contributed by atoms with van der Waals surface area (Å²) in [6.07, 6.45) is 3.87. The number of pyridine rings is 2. The zero-order valence-electron chi connectivity index (χ0n) is 48.1. The van der Waals surface area contributed by atoms with Gasteiger partial charge >= 0.3 is 0 Å². The number of aromatic nitrogens is 2. The van der Waals surface area contributed by atoms with E-state index in [1.165, 1.54) is 147 Å². The van der Waals surface area contributed by atoms with Crippen molar-refractivity contribution in [3.05, 3.63) is 328 Å². The zero-order valence-corrected chi connectivity index (χ0v) is 48.1. The van der Waals surface area contributed by atoms with Gasteiger partial charge in [-0.15, -0.1) is 0 Å². The van der Waals surface area contributed by atoms with Crippen LogP contribution in [0.25, 0.3) is 175 Å². The van der Waals surface area contributed by atoms with E-state index in [9.17, 15) is 0 Å². The summed E-state index contributed by atoms with van der Waals surface area (Å²) < 4.78 is 0. The lowest BCUT2D eigenvalue weighted by atomic mass is 9.83. The van der Waals surface area contributed by atoms with Crippen molar-refractivity contribution in [3.63, 3.8) is 0 Å². The van der Waals surface area contributed by atoms with Gasteiger partial charge in [-0.2, -0.15) is 0 Å². The molecule has 16 aromatic carbocycles. The van der Waals surface area contributed by atoms with E-state index in [2.05, 4.69) is 302 Å². The number of hydrogen-bond acceptors (Lipinski definition) is 2. The van der Waals surface area contributed by atoms with Gasteiger partial charge in [0.15, 0.2) is 0 Å². The molecular formula is C86H54N2. The van der Waals surface area contributed by atoms with Crippen LogP contribution in [0.1, 0.15) is 0 Å². The van der Waals surface area contributed by atoms with E-state index in [-0.39, 0.29) is 0 Å². The Balaban J connectivity index is 0.000000137. The number of para-hydroxylation sites is 1. The molecule has 0 aliphatic carbocycles. The van der Waals surface area contributed by atoms with Crippen LogP contribution in [-0.4, -0.2) is 9.97 Å². The topological polar surface area (TPSA) is 25.8 Å². The predicted molar refractivity (Wildman–Crippen MR) is 376 cm³/mol. The first-order chi connectivity index (χ1) is 43.7. The Hall–Kier alpha value is -11.6. The second-order valence-electron chi connectivity index (χ2n) is 23.0. The number of fused-ring (bicyclic) bond motifs is 13. The minimum absolute atomic E-state index is 0.992. The van der Waals surface area contributed by atoms with Crippen LogP contribution in [0.3, 0.4) is 0 Å². The quantitative estimate of drug-likeness (QED) is 0.122. The first kappa shape index (κ1) is 50.9. The number of hydrogen-bond donors (Lipinski definition) is 0. The summed E-state index contributed by atoms with van der Waals surface area (Å²) >= 11 is 0. The predicted octanol–water partition coefficient (Wildman–Crippen LogP) is 23.7. The first-order valence-corrected chi connectivity index (χ1v) is 30.3. The Morgan fingerprint density at radius 1 is 0.182 bits per heavy atom. The molecule has 2 aromatic heterocycles. The molecule has 0 aliphatic heterocycles. The average molecular weight is 1120 g/mol. The SMILES string of the molecule is c1ccc(-c2c3ccccc3c(-c3ccc4c5ccc(-c6ccccn6)cc5c5ccccc5c4c3)c3ccccc23)cc1.c1ccc2cc(-c3c4ccccc4c(-c4ccc(-c5cnc6ccccc6c5)c5ccccc45)c4ccccc34)ccc2c1. The molecule has 0 atom stereocenters. The van der Waals surface area contributed by atoms with Crippen molar-refractivity contribution in [2.75, 3.05) is 0 Å². The van der Waals surface area contributed by atoms with Crippen LogP contribution < -0.4 is 0 Å². The van der Waals surface area contributed by atoms with Gasteiger partial charge in [0, 0.05) is 28.9 Å². The van der Waals surface area contributed by atoms with Crippen molar-refractivity contribution < 1.29 is 0 Å². The van der Waals surface area contributed by atoms with E-state index >= 15 is 0 Å². The maximum Gasteiger partial charge on any atom is 0.0702 e. The molecule has 2 nitrogen and oxygen atoms in total. The first-order valence-electron chi connectivity index (χ1n) is 30.3. The monoisotopic (exact) mass is 1110 g/mol. The number of nitrogens with zero attached hydrogens (tertiary/aromatic N) is 2. The van der Waals surface area contributed by atoms with Gasteiger partial charge in [-0.05, 0) is 189 Å². The smallest absolute Gasteiger partial charge is 0.0702 e. The minimum Gasteiger partial charge on any atom is -0.256 e. The summed E-state index contributed by atoms with van der Waals surface area (Å²) in [5, 5.41) is 23.9. The maximum absolute atomic E-state index is 4.78. The minimum atomic E-state index is 0.992. The summed E-state index contributed by atoms with van der Waals surface area (Å²) in [6.45, 7) is 0. The highest BCUT2D eigenvalue weighted by Crippen LogP contribution is 2.49. The van der Waals surface area contributed by atoms with Crippen LogP contribution in [0.15, 0.2) is 328 Å². The molecule has 18 aromatic rings. The highest BCUT2D eigenvalue weighted by Gasteiger charge is 2.21. The lowest BCUT2D eigenvalue weighted by Crippen LogP contribution is -1.92. The molecule has 0 aliphatic rings. The summed E-state index contributed by atoms with van der Waals surface area (Å²) in [7, 11) is 0. The Morgan fingerprint density at radius 2 is 0.580 bits per heavy atom. The van der Waals surface area contributed by atoms with Gasteiger partial charge in [0.25, 0.3) is 0 Å². The molecule has 0 fully saturated rings. The highest BCUT2D eigenvalue weighted by molar-refractivity contribution is 6.28. The third-order valence-electron chi connectivity index (χ3n) is 18.1. The van der Waals surface area contributed by atoms with Gasteiger partial charge in [0.05, 0.1) is 11.2 Å². The molecule has 0 saturated carbocycles. The van der Waals surface area contributed by atoms with Gasteiger partial charge in [-0.25, -0.2) is 0 Å². The van der Waals surface area contributed by atoms with Gasteiger partial charge < -0.3 is 0 Å². The van der Waals surface area contributed by atoms with Gasteiger partial charge in [0.2, 0.25) is 0 Å². The van der Waals surface area contributed by atoms with Crippen molar-refractivity contribution in [1.29, 1.82) is 0 Å².